The molecule has 3 nitrogen and oxygen atoms in total. The minimum absolute atomic E-state index is 0.245. The molecule has 0 aliphatic rings. The fourth-order valence-electron chi connectivity index (χ4n) is 1.95. The van der Waals surface area contributed by atoms with Gasteiger partial charge in [0.15, 0.2) is 6.10 Å². The maximum Gasteiger partial charge on any atom is 0.261 e. The number of ether oxygens (including phenoxy) is 1. The number of hydrogen-bond donors (Lipinski definition) is 1. The van der Waals surface area contributed by atoms with Crippen LogP contribution in [0.25, 0.3) is 0 Å². The van der Waals surface area contributed by atoms with Crippen molar-refractivity contribution in [2.75, 3.05) is 0 Å². The summed E-state index contributed by atoms with van der Waals surface area (Å²) < 4.78 is 18.5. The first-order valence-corrected chi connectivity index (χ1v) is 7.32. The van der Waals surface area contributed by atoms with Crippen molar-refractivity contribution in [3.05, 3.63) is 64.9 Å². The molecule has 0 aliphatic heterocycles. The van der Waals surface area contributed by atoms with E-state index in [1.54, 1.807) is 43.3 Å². The van der Waals surface area contributed by atoms with Gasteiger partial charge in [-0.2, -0.15) is 0 Å². The summed E-state index contributed by atoms with van der Waals surface area (Å²) in [5, 5.41) is 3.28. The summed E-state index contributed by atoms with van der Waals surface area (Å²) in [6.07, 6.45) is -0.692. The van der Waals surface area contributed by atoms with Crippen LogP contribution in [0.15, 0.2) is 48.5 Å². The Morgan fingerprint density at radius 2 is 1.77 bits per heavy atom. The first-order chi connectivity index (χ1) is 10.5. The van der Waals surface area contributed by atoms with E-state index in [0.29, 0.717) is 10.8 Å². The van der Waals surface area contributed by atoms with Gasteiger partial charge >= 0.3 is 0 Å². The maximum atomic E-state index is 12.9. The van der Waals surface area contributed by atoms with Crippen molar-refractivity contribution in [3.63, 3.8) is 0 Å². The number of hydrogen-bond acceptors (Lipinski definition) is 2. The lowest BCUT2D eigenvalue weighted by atomic mass is 10.1. The van der Waals surface area contributed by atoms with Crippen molar-refractivity contribution in [1.29, 1.82) is 0 Å². The van der Waals surface area contributed by atoms with E-state index in [1.165, 1.54) is 12.1 Å². The summed E-state index contributed by atoms with van der Waals surface area (Å²) >= 11 is 6.00. The van der Waals surface area contributed by atoms with E-state index in [4.69, 9.17) is 16.3 Å². The van der Waals surface area contributed by atoms with Crippen LogP contribution in [0.1, 0.15) is 25.5 Å². The number of benzene rings is 2. The van der Waals surface area contributed by atoms with E-state index in [-0.39, 0.29) is 17.8 Å². The van der Waals surface area contributed by atoms with Crippen LogP contribution in [0, 0.1) is 5.82 Å². The first kappa shape index (κ1) is 16.3. The molecule has 0 spiro atoms. The monoisotopic (exact) mass is 321 g/mol. The van der Waals surface area contributed by atoms with Gasteiger partial charge < -0.3 is 10.1 Å². The number of rotatable bonds is 5. The lowest BCUT2D eigenvalue weighted by Crippen LogP contribution is -2.37. The van der Waals surface area contributed by atoms with Crippen molar-refractivity contribution >= 4 is 17.5 Å². The maximum absolute atomic E-state index is 12.9. The molecule has 0 heterocycles. The van der Waals surface area contributed by atoms with Crippen LogP contribution in [0.2, 0.25) is 5.02 Å². The minimum atomic E-state index is -0.692. The van der Waals surface area contributed by atoms with Crippen LogP contribution >= 0.6 is 11.6 Å². The molecule has 116 valence electrons. The molecule has 0 bridgehead atoms. The highest BCUT2D eigenvalue weighted by atomic mass is 35.5. The summed E-state index contributed by atoms with van der Waals surface area (Å²) in [4.78, 5) is 12.2. The molecule has 0 aliphatic carbocycles. The molecular weight excluding hydrogens is 305 g/mol. The van der Waals surface area contributed by atoms with Gasteiger partial charge in [-0.25, -0.2) is 4.39 Å². The summed E-state index contributed by atoms with van der Waals surface area (Å²) in [7, 11) is 0. The van der Waals surface area contributed by atoms with E-state index in [9.17, 15) is 9.18 Å². The van der Waals surface area contributed by atoms with Crippen molar-refractivity contribution < 1.29 is 13.9 Å². The van der Waals surface area contributed by atoms with Crippen LogP contribution in [0.4, 0.5) is 4.39 Å². The predicted octanol–water partition coefficient (Wildman–Crippen LogP) is 4.12. The Hall–Kier alpha value is -2.07. The molecule has 0 fully saturated rings. The van der Waals surface area contributed by atoms with Crippen LogP contribution in [-0.4, -0.2) is 12.0 Å². The van der Waals surface area contributed by atoms with E-state index in [2.05, 4.69) is 5.32 Å². The molecule has 1 amide bonds. The highest BCUT2D eigenvalue weighted by Gasteiger charge is 2.18. The third-order valence-corrected chi connectivity index (χ3v) is 3.55. The third-order valence-electron chi connectivity index (χ3n) is 3.24. The van der Waals surface area contributed by atoms with Crippen molar-refractivity contribution in [3.8, 4) is 5.75 Å². The van der Waals surface area contributed by atoms with Crippen LogP contribution < -0.4 is 10.1 Å². The number of halogens is 2. The Morgan fingerprint density at radius 3 is 2.41 bits per heavy atom. The number of amides is 1. The van der Waals surface area contributed by atoms with E-state index in [1.807, 2.05) is 6.92 Å². The Kier molecular flexibility index (Phi) is 5.39. The molecule has 1 N–H and O–H groups in total. The van der Waals surface area contributed by atoms with Crippen molar-refractivity contribution in [1.82, 2.24) is 5.32 Å². The Bertz CT molecular complexity index is 645. The molecule has 2 aromatic rings. The lowest BCUT2D eigenvalue weighted by molar-refractivity contribution is -0.127. The topological polar surface area (TPSA) is 38.3 Å². The van der Waals surface area contributed by atoms with Gasteiger partial charge in [-0.3, -0.25) is 4.79 Å². The summed E-state index contributed by atoms with van der Waals surface area (Å²) in [6, 6.07) is 12.7. The molecule has 0 saturated carbocycles. The summed E-state index contributed by atoms with van der Waals surface area (Å²) in [5.41, 5.74) is 0.819. The highest BCUT2D eigenvalue weighted by Crippen LogP contribution is 2.24. The van der Waals surface area contributed by atoms with Gasteiger partial charge in [0.2, 0.25) is 0 Å². The van der Waals surface area contributed by atoms with E-state index >= 15 is 0 Å². The molecule has 5 heteroatoms. The standard InChI is InChI=1S/C17H17ClFNO2/c1-11(13-7-9-14(19)10-8-13)20-17(21)12(2)22-16-6-4-3-5-15(16)18/h3-12H,1-2H3,(H,20,21)/t11-,12+/m0/s1. The smallest absolute Gasteiger partial charge is 0.261 e. The van der Waals surface area contributed by atoms with E-state index < -0.39 is 6.10 Å². The average Bonchev–Trinajstić information content (AvgIpc) is 2.50. The van der Waals surface area contributed by atoms with Gasteiger partial charge in [0, 0.05) is 0 Å². The summed E-state index contributed by atoms with van der Waals surface area (Å²) in [6.45, 7) is 3.48. The molecule has 0 saturated heterocycles. The van der Waals surface area contributed by atoms with Crippen LogP contribution in [-0.2, 0) is 4.79 Å². The number of para-hydroxylation sites is 1. The number of carbonyl (C=O) groups excluding carboxylic acids is 1. The molecule has 2 aromatic carbocycles. The second-order valence-electron chi connectivity index (χ2n) is 4.97. The Morgan fingerprint density at radius 1 is 1.14 bits per heavy atom. The molecule has 0 unspecified atom stereocenters. The van der Waals surface area contributed by atoms with Gasteiger partial charge in [-0.05, 0) is 43.7 Å². The van der Waals surface area contributed by atoms with Gasteiger partial charge in [0.25, 0.3) is 5.91 Å². The second-order valence-corrected chi connectivity index (χ2v) is 5.38. The third kappa shape index (κ3) is 4.21. The number of nitrogens with one attached hydrogen (secondary N) is 1. The fourth-order valence-corrected chi connectivity index (χ4v) is 2.13. The summed E-state index contributed by atoms with van der Waals surface area (Å²) in [5.74, 6) is -0.115. The molecule has 2 rings (SSSR count). The van der Waals surface area contributed by atoms with E-state index in [0.717, 1.165) is 5.56 Å². The minimum Gasteiger partial charge on any atom is -0.479 e. The zero-order chi connectivity index (χ0) is 16.1. The molecule has 0 aromatic heterocycles. The number of carbonyl (C=O) groups is 1. The zero-order valence-electron chi connectivity index (χ0n) is 12.3. The Balaban J connectivity index is 1.96. The zero-order valence-corrected chi connectivity index (χ0v) is 13.1. The fraction of sp³-hybridized carbons (Fsp3) is 0.235. The Labute approximate surface area is 134 Å². The molecule has 0 radical (unpaired) electrons. The first-order valence-electron chi connectivity index (χ1n) is 6.94. The van der Waals surface area contributed by atoms with Crippen molar-refractivity contribution in [2.24, 2.45) is 0 Å². The SMILES string of the molecule is C[C@H](NC(=O)[C@@H](C)Oc1ccccc1Cl)c1ccc(F)cc1. The molecule has 2 atom stereocenters. The van der Waals surface area contributed by atoms with Gasteiger partial charge in [-0.1, -0.05) is 35.9 Å². The quantitative estimate of drug-likeness (QED) is 0.899. The average molecular weight is 322 g/mol. The van der Waals surface area contributed by atoms with Crippen LogP contribution in [0.5, 0.6) is 5.75 Å². The van der Waals surface area contributed by atoms with Gasteiger partial charge in [-0.15, -0.1) is 0 Å². The highest BCUT2D eigenvalue weighted by molar-refractivity contribution is 6.32. The van der Waals surface area contributed by atoms with Gasteiger partial charge in [0.1, 0.15) is 11.6 Å². The van der Waals surface area contributed by atoms with Crippen molar-refractivity contribution in [2.45, 2.75) is 26.0 Å². The normalized spacial score (nSPS) is 13.3. The lowest BCUT2D eigenvalue weighted by Gasteiger charge is -2.19. The molecule has 22 heavy (non-hydrogen) atoms. The molecular formula is C17H17ClFNO2. The van der Waals surface area contributed by atoms with Gasteiger partial charge in [0.05, 0.1) is 11.1 Å². The predicted molar refractivity (Wildman–Crippen MR) is 84.5 cm³/mol. The second kappa shape index (κ2) is 7.27. The largest absolute Gasteiger partial charge is 0.479 e. The van der Waals surface area contributed by atoms with Crippen LogP contribution in [0.3, 0.4) is 0 Å².